The van der Waals surface area contributed by atoms with Crippen LogP contribution in [0.15, 0.2) is 131 Å². The lowest BCUT2D eigenvalue weighted by atomic mass is 9.84. The van der Waals surface area contributed by atoms with Crippen molar-refractivity contribution in [3.8, 4) is 0 Å². The van der Waals surface area contributed by atoms with E-state index in [1.54, 1.807) is 6.08 Å². The average molecular weight is 887 g/mol. The number of allylic oxidation sites excluding steroid dienone is 11. The fourth-order valence-electron chi connectivity index (χ4n) is 10.3. The Balaban J connectivity index is 1.21. The second-order valence-electron chi connectivity index (χ2n) is 19.5. The van der Waals surface area contributed by atoms with Gasteiger partial charge >= 0.3 is 11.9 Å². The van der Waals surface area contributed by atoms with Gasteiger partial charge in [0.05, 0.1) is 47.9 Å². The zero-order valence-corrected chi connectivity index (χ0v) is 40.8. The van der Waals surface area contributed by atoms with Crippen LogP contribution in [-0.4, -0.2) is 59.6 Å². The summed E-state index contributed by atoms with van der Waals surface area (Å²) in [4.78, 5) is 42.3. The summed E-state index contributed by atoms with van der Waals surface area (Å²) in [6, 6.07) is 0. The molecule has 0 aromatic rings. The van der Waals surface area contributed by atoms with E-state index in [4.69, 9.17) is 24.5 Å². The van der Waals surface area contributed by atoms with Gasteiger partial charge in [0.1, 0.15) is 18.3 Å². The summed E-state index contributed by atoms with van der Waals surface area (Å²) in [5.41, 5.74) is 11.7. The summed E-state index contributed by atoms with van der Waals surface area (Å²) in [6.07, 6.45) is 22.1. The molecule has 3 N–H and O–H groups in total. The molecule has 350 valence electrons. The fraction of sp³-hybridized carbons (Fsp3) is 0.545. The first-order valence-electron chi connectivity index (χ1n) is 24.3. The predicted molar refractivity (Wildman–Crippen MR) is 263 cm³/mol. The molecular weight excluding hydrogens is 813 g/mol. The number of hydrogen-bond acceptors (Lipinski definition) is 10. The average Bonchev–Trinajstić information content (AvgIpc) is 4.02. The molecule has 10 nitrogen and oxygen atoms in total. The van der Waals surface area contributed by atoms with E-state index in [9.17, 15) is 19.8 Å². The van der Waals surface area contributed by atoms with Crippen molar-refractivity contribution in [2.24, 2.45) is 50.5 Å². The van der Waals surface area contributed by atoms with Crippen molar-refractivity contribution < 1.29 is 29.3 Å². The number of aliphatic hydroxyl groups excluding tert-OH is 2. The van der Waals surface area contributed by atoms with Crippen LogP contribution in [0.4, 0.5) is 0 Å². The molecule has 6 rings (SSSR count). The molecule has 0 radical (unpaired) electrons. The third-order valence-electron chi connectivity index (χ3n) is 14.3. The highest BCUT2D eigenvalue weighted by molar-refractivity contribution is 6.24. The summed E-state index contributed by atoms with van der Waals surface area (Å²) < 4.78 is 11.1. The van der Waals surface area contributed by atoms with Crippen LogP contribution in [0, 0.1) is 35.5 Å². The summed E-state index contributed by atoms with van der Waals surface area (Å²) >= 11 is 0. The molecule has 10 heteroatoms. The first kappa shape index (κ1) is 49.3. The van der Waals surface area contributed by atoms with Crippen LogP contribution in [0.1, 0.15) is 139 Å². The monoisotopic (exact) mass is 887 g/mol. The van der Waals surface area contributed by atoms with E-state index in [0.717, 1.165) is 58.4 Å². The van der Waals surface area contributed by atoms with E-state index in [1.165, 1.54) is 57.6 Å². The van der Waals surface area contributed by atoms with Gasteiger partial charge in [-0.2, -0.15) is 0 Å². The lowest BCUT2D eigenvalue weighted by molar-refractivity contribution is -0.144. The van der Waals surface area contributed by atoms with Crippen LogP contribution < -0.4 is 5.32 Å². The molecule has 65 heavy (non-hydrogen) atoms. The Morgan fingerprint density at radius 3 is 2.22 bits per heavy atom. The Bertz CT molecular complexity index is 2320. The molecule has 1 fully saturated rings. The molecule has 0 saturated carbocycles. The number of hydrogen-bond donors (Lipinski definition) is 3. The van der Waals surface area contributed by atoms with E-state index in [2.05, 4.69) is 53.4 Å². The Morgan fingerprint density at radius 2 is 1.57 bits per heavy atom. The number of carbonyl (C=O) groups is 2. The second kappa shape index (κ2) is 21.9. The van der Waals surface area contributed by atoms with Crippen LogP contribution in [0.2, 0.25) is 0 Å². The van der Waals surface area contributed by atoms with Gasteiger partial charge in [-0.15, -0.1) is 0 Å². The summed E-state index contributed by atoms with van der Waals surface area (Å²) in [7, 11) is 1.32. The van der Waals surface area contributed by atoms with Crippen molar-refractivity contribution in [3.05, 3.63) is 116 Å². The number of nitrogens with zero attached hydrogens (tertiary/aromatic N) is 3. The number of aliphatic imine (C=N–C) groups is 3. The lowest BCUT2D eigenvalue weighted by Gasteiger charge is -2.20. The van der Waals surface area contributed by atoms with Crippen LogP contribution in [0.25, 0.3) is 0 Å². The van der Waals surface area contributed by atoms with E-state index in [-0.39, 0.29) is 43.2 Å². The first-order valence-corrected chi connectivity index (χ1v) is 24.3. The standard InChI is InChI=1S/C55H74N4O6/c1-12-38-35(8)42-27-43-36(9)40(23-24-48(61)65-26-25-34(7)22-16-21-33(6)20-15-19-32(5)18-14-17-31(3)4)52(58-43)50-51(55(63)64-11)54(62)49-37(10)44(59-53(49)50)28-46-39(13-2)41(30-60)47(57-46)29-45(38)56-42/h12,25,27-29,31-33,36,40,51,58,60,62H,1,13-24,26,30H2,2-11H3/b34-25+,43-27?,45-29?,46-28?,52-50?/t32-,33-,36+,40+,51-/m1/s1. The van der Waals surface area contributed by atoms with Crippen LogP contribution in [-0.2, 0) is 19.1 Å². The van der Waals surface area contributed by atoms with Crippen LogP contribution in [0.3, 0.4) is 0 Å². The Labute approximate surface area is 388 Å². The van der Waals surface area contributed by atoms with Crippen molar-refractivity contribution in [3.63, 3.8) is 0 Å². The zero-order chi connectivity index (χ0) is 47.1. The molecule has 0 amide bonds. The quantitative estimate of drug-likeness (QED) is 0.0769. The molecule has 5 aliphatic heterocycles. The molecule has 5 heterocycles. The number of esters is 2. The minimum Gasteiger partial charge on any atom is -0.510 e. The molecule has 5 atom stereocenters. The number of carbonyl (C=O) groups excluding carboxylic acids is 2. The summed E-state index contributed by atoms with van der Waals surface area (Å²) in [6.45, 7) is 23.7. The minimum atomic E-state index is -1.11. The number of aliphatic hydroxyl groups is 2. The third-order valence-corrected chi connectivity index (χ3v) is 14.3. The van der Waals surface area contributed by atoms with Gasteiger partial charge in [0.15, 0.2) is 0 Å². The highest BCUT2D eigenvalue weighted by atomic mass is 16.5. The molecule has 0 unspecified atom stereocenters. The van der Waals surface area contributed by atoms with Gasteiger partial charge in [-0.1, -0.05) is 105 Å². The Kier molecular flexibility index (Phi) is 16.6. The van der Waals surface area contributed by atoms with Gasteiger partial charge in [0.2, 0.25) is 0 Å². The van der Waals surface area contributed by atoms with Gasteiger partial charge < -0.3 is 25.0 Å². The maximum atomic E-state index is 13.6. The van der Waals surface area contributed by atoms with Gasteiger partial charge in [-0.3, -0.25) is 9.59 Å². The van der Waals surface area contributed by atoms with Crippen molar-refractivity contribution in [2.75, 3.05) is 20.3 Å². The molecule has 8 bridgehead atoms. The highest BCUT2D eigenvalue weighted by Crippen LogP contribution is 2.49. The Morgan fingerprint density at radius 1 is 0.892 bits per heavy atom. The molecule has 0 spiro atoms. The minimum absolute atomic E-state index is 0.121. The van der Waals surface area contributed by atoms with Crippen molar-refractivity contribution >= 4 is 29.1 Å². The van der Waals surface area contributed by atoms with Crippen LogP contribution in [0.5, 0.6) is 0 Å². The smallest absolute Gasteiger partial charge is 0.321 e. The van der Waals surface area contributed by atoms with Crippen LogP contribution >= 0.6 is 0 Å². The number of rotatable bonds is 21. The lowest BCUT2D eigenvalue weighted by Crippen LogP contribution is -2.25. The highest BCUT2D eigenvalue weighted by Gasteiger charge is 2.49. The molecule has 0 aromatic carbocycles. The van der Waals surface area contributed by atoms with E-state index < -0.39 is 11.9 Å². The largest absolute Gasteiger partial charge is 0.510 e. The number of ether oxygens (including phenoxy) is 2. The number of nitrogens with one attached hydrogen (secondary N) is 1. The predicted octanol–water partition coefficient (Wildman–Crippen LogP) is 11.9. The van der Waals surface area contributed by atoms with Crippen molar-refractivity contribution in [2.45, 2.75) is 139 Å². The normalized spacial score (nSPS) is 22.6. The van der Waals surface area contributed by atoms with Gasteiger partial charge in [-0.05, 0) is 105 Å². The third kappa shape index (κ3) is 11.0. The first-order chi connectivity index (χ1) is 31.1. The maximum absolute atomic E-state index is 13.6. The SMILES string of the molecule is C=CC1=C(C)C2=NC1=CC1=NC(=CC3=C(C)C4=C(O)[C@H](C(=O)OC)C(=C5NC(=C2)[C@@H](C)[C@@H]5CCC(=O)OC/C=C(\C)CCC[C@H](C)CCC[C@H](C)CCCC(C)C)C4=N3)C(CC)=C1CO. The van der Waals surface area contributed by atoms with Crippen molar-refractivity contribution in [1.82, 2.24) is 5.32 Å². The van der Waals surface area contributed by atoms with E-state index in [1.807, 2.05) is 45.1 Å². The zero-order valence-electron chi connectivity index (χ0n) is 40.8. The van der Waals surface area contributed by atoms with Gasteiger partial charge in [-0.25, -0.2) is 15.0 Å². The summed E-state index contributed by atoms with van der Waals surface area (Å²) in [5, 5.41) is 26.2. The van der Waals surface area contributed by atoms with Gasteiger partial charge in [0.25, 0.3) is 0 Å². The fourth-order valence-corrected chi connectivity index (χ4v) is 10.3. The molecular formula is C55H74N4O6. The molecule has 1 saturated heterocycles. The van der Waals surface area contributed by atoms with Gasteiger partial charge in [0, 0.05) is 51.9 Å². The van der Waals surface area contributed by atoms with Crippen molar-refractivity contribution in [1.29, 1.82) is 0 Å². The Hall–Kier alpha value is -5.09. The topological polar surface area (TPSA) is 142 Å². The molecule has 6 aliphatic rings. The number of methoxy groups -OCH3 is 1. The molecule has 0 aromatic heterocycles. The maximum Gasteiger partial charge on any atom is 0.321 e. The number of fused-ring (bicyclic) bond motifs is 5. The van der Waals surface area contributed by atoms with E-state index >= 15 is 0 Å². The second-order valence-corrected chi connectivity index (χ2v) is 19.5. The molecule has 1 aliphatic carbocycles. The van der Waals surface area contributed by atoms with E-state index in [0.29, 0.717) is 69.7 Å². The summed E-state index contributed by atoms with van der Waals surface area (Å²) in [5.74, 6) is -0.211.